The minimum atomic E-state index is 0.515. The van der Waals surface area contributed by atoms with Gasteiger partial charge in [0.25, 0.3) is 0 Å². The van der Waals surface area contributed by atoms with E-state index in [-0.39, 0.29) is 0 Å². The van der Waals surface area contributed by atoms with E-state index >= 15 is 0 Å². The van der Waals surface area contributed by atoms with Gasteiger partial charge in [0.2, 0.25) is 0 Å². The van der Waals surface area contributed by atoms with Crippen molar-refractivity contribution < 1.29 is 0 Å². The molecule has 0 bridgehead atoms. The molecule has 7 heteroatoms. The molecule has 0 aliphatic heterocycles. The lowest BCUT2D eigenvalue weighted by molar-refractivity contribution is 0.659. The molecule has 2 aromatic rings. The predicted octanol–water partition coefficient (Wildman–Crippen LogP) is 4.16. The molecule has 0 aliphatic rings. The van der Waals surface area contributed by atoms with Crippen LogP contribution < -0.4 is 10.6 Å². The molecule has 0 amide bonds. The Morgan fingerprint density at radius 2 is 1.91 bits per heavy atom. The van der Waals surface area contributed by atoms with E-state index in [2.05, 4.69) is 15.7 Å². The highest BCUT2D eigenvalue weighted by atomic mass is 35.5. The molecule has 0 fully saturated rings. The van der Waals surface area contributed by atoms with Gasteiger partial charge in [-0.2, -0.15) is 5.10 Å². The highest BCUT2D eigenvalue weighted by Crippen LogP contribution is 2.27. The molecule has 1 heterocycles. The molecule has 0 saturated carbocycles. The number of hydrogen-bond donors (Lipinski definition) is 2. The standard InChI is InChI=1S/C15H18Cl2N4S/c1-4-18-15(22)19-14-9(2)20-21(10(14)3)8-11-12(16)6-5-7-13(11)17/h5-7H,4,8H2,1-3H3,(H2,18,19,22). The van der Waals surface area contributed by atoms with Crippen molar-refractivity contribution in [1.29, 1.82) is 0 Å². The first-order valence-corrected chi connectivity index (χ1v) is 8.12. The van der Waals surface area contributed by atoms with Crippen LogP contribution in [0.3, 0.4) is 0 Å². The summed E-state index contributed by atoms with van der Waals surface area (Å²) in [5.74, 6) is 0. The van der Waals surface area contributed by atoms with Crippen molar-refractivity contribution in [2.24, 2.45) is 0 Å². The topological polar surface area (TPSA) is 41.9 Å². The number of halogens is 2. The van der Waals surface area contributed by atoms with E-state index in [0.29, 0.717) is 21.7 Å². The summed E-state index contributed by atoms with van der Waals surface area (Å²) in [6.45, 7) is 7.21. The maximum Gasteiger partial charge on any atom is 0.170 e. The van der Waals surface area contributed by atoms with E-state index in [1.807, 2.05) is 43.7 Å². The number of aryl methyl sites for hydroxylation is 1. The van der Waals surface area contributed by atoms with Gasteiger partial charge in [-0.05, 0) is 45.1 Å². The first-order valence-electron chi connectivity index (χ1n) is 6.95. The Morgan fingerprint density at radius 3 is 2.50 bits per heavy atom. The molecule has 118 valence electrons. The Hall–Kier alpha value is -1.30. The van der Waals surface area contributed by atoms with E-state index in [9.17, 15) is 0 Å². The van der Waals surface area contributed by atoms with Crippen molar-refractivity contribution in [3.8, 4) is 0 Å². The first kappa shape index (κ1) is 17.1. The second kappa shape index (κ2) is 7.31. The molecular formula is C15H18Cl2N4S. The fourth-order valence-corrected chi connectivity index (χ4v) is 2.95. The summed E-state index contributed by atoms with van der Waals surface area (Å²) in [5, 5.41) is 12.7. The third-order valence-corrected chi connectivity index (χ3v) is 4.28. The van der Waals surface area contributed by atoms with Crippen molar-refractivity contribution in [3.05, 3.63) is 45.2 Å². The van der Waals surface area contributed by atoms with Gasteiger partial charge in [0, 0.05) is 22.2 Å². The van der Waals surface area contributed by atoms with Crippen LogP contribution in [0.15, 0.2) is 18.2 Å². The lowest BCUT2D eigenvalue weighted by Gasteiger charge is -2.11. The smallest absolute Gasteiger partial charge is 0.170 e. The minimum Gasteiger partial charge on any atom is -0.363 e. The monoisotopic (exact) mass is 356 g/mol. The van der Waals surface area contributed by atoms with Gasteiger partial charge in [0.15, 0.2) is 5.11 Å². The molecule has 0 atom stereocenters. The normalized spacial score (nSPS) is 10.6. The summed E-state index contributed by atoms with van der Waals surface area (Å²) in [5.41, 5.74) is 3.63. The van der Waals surface area contributed by atoms with Crippen LogP contribution >= 0.6 is 35.4 Å². The van der Waals surface area contributed by atoms with Gasteiger partial charge in [0.05, 0.1) is 23.6 Å². The highest BCUT2D eigenvalue weighted by Gasteiger charge is 2.15. The number of anilines is 1. The molecule has 22 heavy (non-hydrogen) atoms. The molecule has 0 radical (unpaired) electrons. The molecule has 1 aromatic carbocycles. The molecule has 0 spiro atoms. The van der Waals surface area contributed by atoms with Gasteiger partial charge in [-0.3, -0.25) is 4.68 Å². The van der Waals surface area contributed by atoms with Crippen LogP contribution in [0.4, 0.5) is 5.69 Å². The lowest BCUT2D eigenvalue weighted by atomic mass is 10.2. The largest absolute Gasteiger partial charge is 0.363 e. The second-order valence-corrected chi connectivity index (χ2v) is 6.11. The van der Waals surface area contributed by atoms with Crippen LogP contribution in [0, 0.1) is 13.8 Å². The van der Waals surface area contributed by atoms with Crippen LogP contribution in [0.1, 0.15) is 23.9 Å². The van der Waals surface area contributed by atoms with E-state index in [1.54, 1.807) is 0 Å². The maximum absolute atomic E-state index is 6.23. The highest BCUT2D eigenvalue weighted by molar-refractivity contribution is 7.80. The van der Waals surface area contributed by atoms with Gasteiger partial charge in [-0.15, -0.1) is 0 Å². The molecule has 2 rings (SSSR count). The Morgan fingerprint density at radius 1 is 1.27 bits per heavy atom. The molecule has 0 unspecified atom stereocenters. The average molecular weight is 357 g/mol. The van der Waals surface area contributed by atoms with Gasteiger partial charge in [-0.1, -0.05) is 29.3 Å². The van der Waals surface area contributed by atoms with E-state index in [0.717, 1.165) is 29.2 Å². The Kier molecular flexibility index (Phi) is 5.67. The molecule has 2 N–H and O–H groups in total. The lowest BCUT2D eigenvalue weighted by Crippen LogP contribution is -2.28. The van der Waals surface area contributed by atoms with Gasteiger partial charge < -0.3 is 10.6 Å². The summed E-state index contributed by atoms with van der Waals surface area (Å²) in [7, 11) is 0. The zero-order chi connectivity index (χ0) is 16.3. The fourth-order valence-electron chi connectivity index (χ4n) is 2.18. The van der Waals surface area contributed by atoms with Crippen molar-refractivity contribution in [3.63, 3.8) is 0 Å². The number of aromatic nitrogens is 2. The van der Waals surface area contributed by atoms with E-state index in [4.69, 9.17) is 35.4 Å². The van der Waals surface area contributed by atoms with Crippen LogP contribution in [-0.4, -0.2) is 21.4 Å². The number of nitrogens with one attached hydrogen (secondary N) is 2. The Balaban J connectivity index is 2.28. The van der Waals surface area contributed by atoms with Crippen LogP contribution in [0.2, 0.25) is 10.0 Å². The second-order valence-electron chi connectivity index (χ2n) is 4.89. The number of thiocarbonyl (C=S) groups is 1. The Bertz CT molecular complexity index is 677. The third kappa shape index (κ3) is 3.72. The van der Waals surface area contributed by atoms with Crippen molar-refractivity contribution in [2.45, 2.75) is 27.3 Å². The molecule has 0 saturated heterocycles. The molecule has 4 nitrogen and oxygen atoms in total. The number of benzene rings is 1. The summed E-state index contributed by atoms with van der Waals surface area (Å²) >= 11 is 17.7. The fraction of sp³-hybridized carbons (Fsp3) is 0.333. The Labute approximate surface area is 145 Å². The number of rotatable bonds is 4. The summed E-state index contributed by atoms with van der Waals surface area (Å²) in [6, 6.07) is 5.49. The maximum atomic E-state index is 6.23. The van der Waals surface area contributed by atoms with Crippen LogP contribution in [0.25, 0.3) is 0 Å². The molecular weight excluding hydrogens is 339 g/mol. The van der Waals surface area contributed by atoms with Gasteiger partial charge in [0.1, 0.15) is 0 Å². The quantitative estimate of drug-likeness (QED) is 0.807. The van der Waals surface area contributed by atoms with E-state index < -0.39 is 0 Å². The van der Waals surface area contributed by atoms with Crippen molar-refractivity contribution in [1.82, 2.24) is 15.1 Å². The predicted molar refractivity (Wildman–Crippen MR) is 97.2 cm³/mol. The van der Waals surface area contributed by atoms with Crippen molar-refractivity contribution in [2.75, 3.05) is 11.9 Å². The van der Waals surface area contributed by atoms with Gasteiger partial charge in [-0.25, -0.2) is 0 Å². The minimum absolute atomic E-state index is 0.515. The average Bonchev–Trinajstić information content (AvgIpc) is 2.71. The molecule has 1 aromatic heterocycles. The van der Waals surface area contributed by atoms with Crippen LogP contribution in [-0.2, 0) is 6.54 Å². The van der Waals surface area contributed by atoms with E-state index in [1.165, 1.54) is 0 Å². The third-order valence-electron chi connectivity index (χ3n) is 3.33. The zero-order valence-electron chi connectivity index (χ0n) is 12.7. The van der Waals surface area contributed by atoms with Crippen molar-refractivity contribution >= 4 is 46.2 Å². The zero-order valence-corrected chi connectivity index (χ0v) is 15.0. The summed E-state index contributed by atoms with van der Waals surface area (Å²) in [4.78, 5) is 0. The van der Waals surface area contributed by atoms with Gasteiger partial charge >= 0.3 is 0 Å². The summed E-state index contributed by atoms with van der Waals surface area (Å²) < 4.78 is 1.87. The number of hydrogen-bond acceptors (Lipinski definition) is 2. The summed E-state index contributed by atoms with van der Waals surface area (Å²) in [6.07, 6.45) is 0. The van der Waals surface area contributed by atoms with Crippen LogP contribution in [0.5, 0.6) is 0 Å². The SMILES string of the molecule is CCNC(=S)Nc1c(C)nn(Cc2c(Cl)cccc2Cl)c1C. The molecule has 0 aliphatic carbocycles. The first-order chi connectivity index (χ1) is 10.4. The number of nitrogens with zero attached hydrogens (tertiary/aromatic N) is 2.